The Morgan fingerprint density at radius 3 is 2.80 bits per heavy atom. The molecule has 130 valence electrons. The van der Waals surface area contributed by atoms with Crippen LogP contribution in [0.3, 0.4) is 0 Å². The molecule has 25 heavy (non-hydrogen) atoms. The van der Waals surface area contributed by atoms with E-state index in [9.17, 15) is 4.79 Å². The van der Waals surface area contributed by atoms with E-state index in [4.69, 9.17) is 4.74 Å². The number of likely N-dealkylation sites (tertiary alicyclic amines) is 1. The second kappa shape index (κ2) is 7.47. The monoisotopic (exact) mass is 337 g/mol. The summed E-state index contributed by atoms with van der Waals surface area (Å²) in [6, 6.07) is 7.83. The molecule has 0 saturated carbocycles. The van der Waals surface area contributed by atoms with Gasteiger partial charge in [-0.05, 0) is 38.3 Å². The molecule has 1 amide bonds. The highest BCUT2D eigenvalue weighted by Gasteiger charge is 2.28. The van der Waals surface area contributed by atoms with Crippen molar-refractivity contribution >= 4 is 5.91 Å². The molecule has 0 aliphatic carbocycles. The van der Waals surface area contributed by atoms with Gasteiger partial charge in [-0.15, -0.1) is 0 Å². The first-order valence-corrected chi connectivity index (χ1v) is 8.55. The van der Waals surface area contributed by atoms with E-state index in [0.717, 1.165) is 36.4 Å². The van der Waals surface area contributed by atoms with Gasteiger partial charge in [0.25, 0.3) is 0 Å². The third-order valence-electron chi connectivity index (χ3n) is 4.45. The molecule has 0 radical (unpaired) electrons. The van der Waals surface area contributed by atoms with Gasteiger partial charge < -0.3 is 9.64 Å². The average Bonchev–Trinajstić information content (AvgIpc) is 2.63. The fraction of sp³-hybridized carbons (Fsp3) is 0.350. The predicted molar refractivity (Wildman–Crippen MR) is 96.7 cm³/mol. The van der Waals surface area contributed by atoms with Crippen LogP contribution >= 0.6 is 0 Å². The lowest BCUT2D eigenvalue weighted by atomic mass is 9.94. The van der Waals surface area contributed by atoms with Crippen molar-refractivity contribution in [1.82, 2.24) is 14.9 Å². The molecule has 0 N–H and O–H groups in total. The van der Waals surface area contributed by atoms with Gasteiger partial charge in [0.05, 0.1) is 0 Å². The largest absolute Gasteiger partial charge is 0.437 e. The van der Waals surface area contributed by atoms with Crippen LogP contribution in [0.15, 0.2) is 48.8 Å². The summed E-state index contributed by atoms with van der Waals surface area (Å²) in [5.74, 6) is 1.42. The van der Waals surface area contributed by atoms with Crippen molar-refractivity contribution in [3.8, 4) is 11.6 Å². The maximum absolute atomic E-state index is 12.3. The lowest BCUT2D eigenvalue weighted by Crippen LogP contribution is -2.39. The van der Waals surface area contributed by atoms with E-state index < -0.39 is 0 Å². The van der Waals surface area contributed by atoms with Crippen LogP contribution in [0.25, 0.3) is 0 Å². The molecule has 1 atom stereocenters. The summed E-state index contributed by atoms with van der Waals surface area (Å²) >= 11 is 0. The predicted octanol–water partition coefficient (Wildman–Crippen LogP) is 3.86. The number of hydrogen-bond acceptors (Lipinski definition) is 4. The average molecular weight is 337 g/mol. The number of piperidine rings is 1. The smallest absolute Gasteiger partial charge is 0.248 e. The van der Waals surface area contributed by atoms with Crippen LogP contribution < -0.4 is 4.74 Å². The van der Waals surface area contributed by atoms with Gasteiger partial charge >= 0.3 is 0 Å². The van der Waals surface area contributed by atoms with Crippen molar-refractivity contribution in [3.05, 3.63) is 60.1 Å². The molecule has 1 saturated heterocycles. The highest BCUT2D eigenvalue weighted by atomic mass is 16.5. The van der Waals surface area contributed by atoms with Gasteiger partial charge in [0.1, 0.15) is 11.4 Å². The van der Waals surface area contributed by atoms with Crippen LogP contribution in [-0.2, 0) is 4.79 Å². The zero-order chi connectivity index (χ0) is 17.8. The van der Waals surface area contributed by atoms with Crippen molar-refractivity contribution in [3.63, 3.8) is 0 Å². The van der Waals surface area contributed by atoms with Crippen LogP contribution in [0.5, 0.6) is 11.6 Å². The minimum absolute atomic E-state index is 0.00922. The van der Waals surface area contributed by atoms with Gasteiger partial charge in [-0.1, -0.05) is 24.8 Å². The second-order valence-electron chi connectivity index (χ2n) is 6.48. The van der Waals surface area contributed by atoms with Gasteiger partial charge in [0.15, 0.2) is 0 Å². The van der Waals surface area contributed by atoms with Gasteiger partial charge in [-0.3, -0.25) is 9.78 Å². The SMILES string of the molecule is C=C(C)C(=O)N1CCCC(c2nccnc2Oc2ccccc2C)C1. The van der Waals surface area contributed by atoms with Crippen molar-refractivity contribution in [2.24, 2.45) is 0 Å². The van der Waals surface area contributed by atoms with Crippen LogP contribution in [0, 0.1) is 6.92 Å². The van der Waals surface area contributed by atoms with E-state index in [1.165, 1.54) is 0 Å². The fourth-order valence-electron chi connectivity index (χ4n) is 3.12. The number of aryl methyl sites for hydroxylation is 1. The van der Waals surface area contributed by atoms with Gasteiger partial charge in [0.2, 0.25) is 11.8 Å². The van der Waals surface area contributed by atoms with Crippen LogP contribution in [0.1, 0.15) is 36.9 Å². The van der Waals surface area contributed by atoms with Crippen LogP contribution in [-0.4, -0.2) is 33.9 Å². The maximum atomic E-state index is 12.3. The summed E-state index contributed by atoms with van der Waals surface area (Å²) in [6.07, 6.45) is 5.21. The zero-order valence-electron chi connectivity index (χ0n) is 14.7. The first-order chi connectivity index (χ1) is 12.1. The zero-order valence-corrected chi connectivity index (χ0v) is 14.7. The number of aromatic nitrogens is 2. The molecule has 1 aliphatic heterocycles. The number of carbonyl (C=O) groups excluding carboxylic acids is 1. The molecule has 3 rings (SSSR count). The molecule has 1 aromatic carbocycles. The van der Waals surface area contributed by atoms with E-state index in [-0.39, 0.29) is 11.8 Å². The fourth-order valence-corrected chi connectivity index (χ4v) is 3.12. The number of ether oxygens (including phenoxy) is 1. The van der Waals surface area contributed by atoms with Crippen molar-refractivity contribution < 1.29 is 9.53 Å². The Kier molecular flexibility index (Phi) is 5.12. The molecule has 1 aromatic heterocycles. The standard InChI is InChI=1S/C20H23N3O2/c1-14(2)20(24)23-12-6-8-16(13-23)18-19(22-11-10-21-18)25-17-9-5-4-7-15(17)3/h4-5,7,9-11,16H,1,6,8,12-13H2,2-3H3. The molecule has 0 spiro atoms. The Morgan fingerprint density at radius 2 is 2.04 bits per heavy atom. The third-order valence-corrected chi connectivity index (χ3v) is 4.45. The quantitative estimate of drug-likeness (QED) is 0.795. The molecular weight excluding hydrogens is 314 g/mol. The molecule has 5 nitrogen and oxygen atoms in total. The first kappa shape index (κ1) is 17.1. The molecular formula is C20H23N3O2. The highest BCUT2D eigenvalue weighted by molar-refractivity contribution is 5.92. The molecule has 1 unspecified atom stereocenters. The minimum Gasteiger partial charge on any atom is -0.437 e. The Labute approximate surface area is 148 Å². The number of amides is 1. The lowest BCUT2D eigenvalue weighted by molar-refractivity contribution is -0.128. The van der Waals surface area contributed by atoms with E-state index >= 15 is 0 Å². The number of benzene rings is 1. The molecule has 1 fully saturated rings. The third kappa shape index (κ3) is 3.87. The maximum Gasteiger partial charge on any atom is 0.248 e. The second-order valence-corrected chi connectivity index (χ2v) is 6.48. The summed E-state index contributed by atoms with van der Waals surface area (Å²) in [4.78, 5) is 23.0. The van der Waals surface area contributed by atoms with Crippen molar-refractivity contribution in [2.75, 3.05) is 13.1 Å². The Hall–Kier alpha value is -2.69. The van der Waals surface area contributed by atoms with E-state index in [1.807, 2.05) is 36.1 Å². The molecule has 0 bridgehead atoms. The topological polar surface area (TPSA) is 55.3 Å². The molecule has 1 aliphatic rings. The number of nitrogens with zero attached hydrogens (tertiary/aromatic N) is 3. The summed E-state index contributed by atoms with van der Waals surface area (Å²) in [7, 11) is 0. The Morgan fingerprint density at radius 1 is 1.28 bits per heavy atom. The summed E-state index contributed by atoms with van der Waals surface area (Å²) in [5, 5.41) is 0. The summed E-state index contributed by atoms with van der Waals surface area (Å²) in [6.45, 7) is 8.90. The lowest BCUT2D eigenvalue weighted by Gasteiger charge is -2.32. The van der Waals surface area contributed by atoms with Gasteiger partial charge in [-0.2, -0.15) is 0 Å². The summed E-state index contributed by atoms with van der Waals surface area (Å²) in [5.41, 5.74) is 2.42. The highest BCUT2D eigenvalue weighted by Crippen LogP contribution is 2.33. The van der Waals surface area contributed by atoms with E-state index in [1.54, 1.807) is 19.3 Å². The Balaban J connectivity index is 1.84. The number of para-hydroxylation sites is 1. The minimum atomic E-state index is 0.00922. The normalized spacial score (nSPS) is 17.2. The number of rotatable bonds is 4. The number of carbonyl (C=O) groups is 1. The molecule has 2 aromatic rings. The van der Waals surface area contributed by atoms with Crippen LogP contribution in [0.4, 0.5) is 0 Å². The van der Waals surface area contributed by atoms with E-state index in [2.05, 4.69) is 16.5 Å². The molecule has 5 heteroatoms. The van der Waals surface area contributed by atoms with Crippen LogP contribution in [0.2, 0.25) is 0 Å². The number of hydrogen-bond donors (Lipinski definition) is 0. The van der Waals surface area contributed by atoms with Crippen molar-refractivity contribution in [2.45, 2.75) is 32.6 Å². The van der Waals surface area contributed by atoms with Gasteiger partial charge in [0, 0.05) is 37.0 Å². The first-order valence-electron chi connectivity index (χ1n) is 8.55. The van der Waals surface area contributed by atoms with Crippen molar-refractivity contribution in [1.29, 1.82) is 0 Å². The molecule has 2 heterocycles. The van der Waals surface area contributed by atoms with Gasteiger partial charge in [-0.25, -0.2) is 4.98 Å². The Bertz CT molecular complexity index is 788. The summed E-state index contributed by atoms with van der Waals surface area (Å²) < 4.78 is 6.04. The van der Waals surface area contributed by atoms with E-state index in [0.29, 0.717) is 18.0 Å².